The van der Waals surface area contributed by atoms with Gasteiger partial charge in [0.05, 0.1) is 12.0 Å². The van der Waals surface area contributed by atoms with E-state index in [0.29, 0.717) is 11.3 Å². The number of thioether (sulfide) groups is 1. The molecular weight excluding hydrogens is 280 g/mol. The van der Waals surface area contributed by atoms with Gasteiger partial charge in [-0.05, 0) is 11.8 Å². The molecule has 2 rings (SSSR count). The Hall–Kier alpha value is -1.76. The van der Waals surface area contributed by atoms with Crippen molar-refractivity contribution in [3.8, 4) is 0 Å². The van der Waals surface area contributed by atoms with Gasteiger partial charge >= 0.3 is 5.97 Å². The van der Waals surface area contributed by atoms with Crippen molar-refractivity contribution in [2.75, 3.05) is 0 Å². The molecule has 1 fully saturated rings. The number of aliphatic carboxylic acids is 1. The highest BCUT2D eigenvalue weighted by Crippen LogP contribution is 2.47. The first-order chi connectivity index (χ1) is 9.47. The molecule has 0 spiro atoms. The molecule has 0 radical (unpaired) electrons. The van der Waals surface area contributed by atoms with Crippen LogP contribution in [0.25, 0.3) is 0 Å². The van der Waals surface area contributed by atoms with Crippen molar-refractivity contribution >= 4 is 29.5 Å². The topological polar surface area (TPSA) is 86.7 Å². The largest absolute Gasteiger partial charge is 0.477 e. The molecule has 20 heavy (non-hydrogen) atoms. The normalized spacial score (nSPS) is 24.9. The van der Waals surface area contributed by atoms with Crippen LogP contribution in [-0.4, -0.2) is 33.8 Å². The van der Waals surface area contributed by atoms with Gasteiger partial charge in [-0.15, -0.1) is 0 Å². The van der Waals surface area contributed by atoms with Gasteiger partial charge < -0.3 is 15.3 Å². The van der Waals surface area contributed by atoms with Crippen molar-refractivity contribution in [2.45, 2.75) is 32.7 Å². The molecule has 2 atom stereocenters. The molecule has 0 aliphatic carbocycles. The molecule has 0 saturated carbocycles. The van der Waals surface area contributed by atoms with E-state index in [0.717, 1.165) is 6.42 Å². The summed E-state index contributed by atoms with van der Waals surface area (Å²) in [6, 6.07) is -0.0183. The van der Waals surface area contributed by atoms with E-state index >= 15 is 0 Å². The number of amides is 2. The molecule has 0 aromatic rings. The number of carboxylic acid groups (broad SMARTS) is 1. The second-order valence-electron chi connectivity index (χ2n) is 4.69. The number of hydrogen-bond acceptors (Lipinski definition) is 4. The Morgan fingerprint density at radius 1 is 1.55 bits per heavy atom. The van der Waals surface area contributed by atoms with E-state index in [1.54, 1.807) is 5.41 Å². The second kappa shape index (κ2) is 5.70. The summed E-state index contributed by atoms with van der Waals surface area (Å²) in [6.45, 7) is 3.32. The smallest absolute Gasteiger partial charge is 0.353 e. The predicted octanol–water partition coefficient (Wildman–Crippen LogP) is 1.26. The van der Waals surface area contributed by atoms with Crippen LogP contribution >= 0.6 is 11.8 Å². The number of carbonyl (C=O) groups excluding carboxylic acids is 2. The monoisotopic (exact) mass is 296 g/mol. The third kappa shape index (κ3) is 2.45. The van der Waals surface area contributed by atoms with Gasteiger partial charge in [-0.3, -0.25) is 9.59 Å². The standard InChI is InChI=1S/C13H16N2O4S/c1-3-8-9-6-10(20-5-4-14-7(2)16)11(13(18)19)15(9)12(8)17/h4-5,8-9H,3,6H2,1-2H3,(H,14,16)(H,18,19). The fourth-order valence-electron chi connectivity index (χ4n) is 2.58. The number of fused-ring (bicyclic) bond motifs is 1. The molecule has 7 heteroatoms. The SMILES string of the molecule is CCC1C(=O)N2C(C(=O)O)=C(SC=CNC(C)=O)CC12. The van der Waals surface area contributed by atoms with Crippen molar-refractivity contribution in [1.29, 1.82) is 0 Å². The van der Waals surface area contributed by atoms with Gasteiger partial charge in [0.1, 0.15) is 5.70 Å². The molecule has 2 aliphatic heterocycles. The second-order valence-corrected chi connectivity index (χ2v) is 5.69. The number of hydrogen-bond donors (Lipinski definition) is 2. The Morgan fingerprint density at radius 3 is 2.80 bits per heavy atom. The molecule has 6 nitrogen and oxygen atoms in total. The van der Waals surface area contributed by atoms with Crippen molar-refractivity contribution in [3.63, 3.8) is 0 Å². The van der Waals surface area contributed by atoms with E-state index in [2.05, 4.69) is 5.32 Å². The molecule has 2 amide bonds. The molecular formula is C13H16N2O4S. The molecule has 2 N–H and O–H groups in total. The molecule has 2 aliphatic rings. The highest BCUT2D eigenvalue weighted by molar-refractivity contribution is 8.05. The summed E-state index contributed by atoms with van der Waals surface area (Å²) in [5, 5.41) is 13.4. The van der Waals surface area contributed by atoms with E-state index < -0.39 is 5.97 Å². The Morgan fingerprint density at radius 2 is 2.25 bits per heavy atom. The molecule has 0 aromatic heterocycles. The summed E-state index contributed by atoms with van der Waals surface area (Å²) in [6.07, 6.45) is 2.77. The zero-order valence-electron chi connectivity index (χ0n) is 11.3. The zero-order chi connectivity index (χ0) is 14.9. The van der Waals surface area contributed by atoms with Crippen LogP contribution in [0.1, 0.15) is 26.7 Å². The van der Waals surface area contributed by atoms with E-state index in [4.69, 9.17) is 0 Å². The lowest BCUT2D eigenvalue weighted by Gasteiger charge is -2.42. The van der Waals surface area contributed by atoms with E-state index in [1.165, 1.54) is 29.8 Å². The minimum atomic E-state index is -1.08. The van der Waals surface area contributed by atoms with E-state index in [1.807, 2.05) is 6.92 Å². The van der Waals surface area contributed by atoms with Crippen LogP contribution in [-0.2, 0) is 14.4 Å². The fourth-order valence-corrected chi connectivity index (χ4v) is 3.44. The first-order valence-corrected chi connectivity index (χ1v) is 7.23. The lowest BCUT2D eigenvalue weighted by Crippen LogP contribution is -2.58. The van der Waals surface area contributed by atoms with Gasteiger partial charge in [0, 0.05) is 24.4 Å². The molecule has 108 valence electrons. The van der Waals surface area contributed by atoms with Gasteiger partial charge in [-0.25, -0.2) is 4.79 Å². The number of β-lactam (4-membered cyclic amide) rings is 1. The maximum atomic E-state index is 11.9. The summed E-state index contributed by atoms with van der Waals surface area (Å²) in [4.78, 5) is 36.0. The number of carboxylic acids is 1. The Balaban J connectivity index is 2.11. The highest BCUT2D eigenvalue weighted by Gasteiger charge is 2.54. The molecule has 1 saturated heterocycles. The third-order valence-electron chi connectivity index (χ3n) is 3.46. The van der Waals surface area contributed by atoms with Gasteiger partial charge in [0.2, 0.25) is 11.8 Å². The van der Waals surface area contributed by atoms with E-state index in [9.17, 15) is 19.5 Å². The van der Waals surface area contributed by atoms with Crippen LogP contribution in [0.3, 0.4) is 0 Å². The minimum absolute atomic E-state index is 0.0183. The maximum absolute atomic E-state index is 11.9. The maximum Gasteiger partial charge on any atom is 0.353 e. The van der Waals surface area contributed by atoms with Crippen LogP contribution in [0.5, 0.6) is 0 Å². The first kappa shape index (κ1) is 14.6. The van der Waals surface area contributed by atoms with Crippen molar-refractivity contribution in [1.82, 2.24) is 10.2 Å². The summed E-state index contributed by atoms with van der Waals surface area (Å²) < 4.78 is 0. The van der Waals surface area contributed by atoms with Crippen molar-refractivity contribution < 1.29 is 19.5 Å². The number of rotatable bonds is 5. The highest BCUT2D eigenvalue weighted by atomic mass is 32.2. The van der Waals surface area contributed by atoms with Crippen LogP contribution in [0.4, 0.5) is 0 Å². The summed E-state index contributed by atoms with van der Waals surface area (Å²) >= 11 is 1.23. The summed E-state index contributed by atoms with van der Waals surface area (Å²) in [5.74, 6) is -1.44. The third-order valence-corrected chi connectivity index (χ3v) is 4.37. The minimum Gasteiger partial charge on any atom is -0.477 e. The van der Waals surface area contributed by atoms with Gasteiger partial charge in [0.25, 0.3) is 0 Å². The molecule has 0 aromatic carbocycles. The van der Waals surface area contributed by atoms with Crippen LogP contribution in [0.2, 0.25) is 0 Å². The summed E-state index contributed by atoms with van der Waals surface area (Å²) in [5.41, 5.74) is 0.0853. The van der Waals surface area contributed by atoms with Crippen molar-refractivity contribution in [3.05, 3.63) is 22.2 Å². The van der Waals surface area contributed by atoms with Gasteiger partial charge in [-0.2, -0.15) is 0 Å². The zero-order valence-corrected chi connectivity index (χ0v) is 12.1. The Kier molecular flexibility index (Phi) is 4.17. The molecule has 2 heterocycles. The Labute approximate surface area is 120 Å². The van der Waals surface area contributed by atoms with Crippen LogP contribution in [0.15, 0.2) is 22.2 Å². The summed E-state index contributed by atoms with van der Waals surface area (Å²) in [7, 11) is 0. The number of nitrogens with one attached hydrogen (secondary N) is 1. The lowest BCUT2D eigenvalue weighted by molar-refractivity contribution is -0.155. The van der Waals surface area contributed by atoms with Crippen LogP contribution < -0.4 is 5.32 Å². The Bertz CT molecular complexity index is 526. The predicted molar refractivity (Wildman–Crippen MR) is 74.2 cm³/mol. The first-order valence-electron chi connectivity index (χ1n) is 6.35. The average Bonchev–Trinajstić information content (AvgIpc) is 2.70. The lowest BCUT2D eigenvalue weighted by atomic mass is 9.85. The van der Waals surface area contributed by atoms with Gasteiger partial charge in [0.15, 0.2) is 0 Å². The number of carbonyl (C=O) groups is 3. The molecule has 2 unspecified atom stereocenters. The van der Waals surface area contributed by atoms with Crippen molar-refractivity contribution in [2.24, 2.45) is 5.92 Å². The number of nitrogens with zero attached hydrogens (tertiary/aromatic N) is 1. The average molecular weight is 296 g/mol. The van der Waals surface area contributed by atoms with Crippen LogP contribution in [0, 0.1) is 5.92 Å². The fraction of sp³-hybridized carbons (Fsp3) is 0.462. The van der Waals surface area contributed by atoms with Gasteiger partial charge in [-0.1, -0.05) is 18.7 Å². The van der Waals surface area contributed by atoms with E-state index in [-0.39, 0.29) is 29.5 Å². The quantitative estimate of drug-likeness (QED) is 0.746. The molecule has 0 bridgehead atoms.